The minimum atomic E-state index is -1.09. The molecule has 0 atom stereocenters. The molecule has 7 nitrogen and oxygen atoms in total. The van der Waals surface area contributed by atoms with E-state index in [2.05, 4.69) is 19.2 Å². The molecule has 0 aliphatic carbocycles. The average Bonchev–Trinajstić information content (AvgIpc) is 2.88. The Kier molecular flexibility index (Phi) is 12.8. The lowest BCUT2D eigenvalue weighted by Crippen LogP contribution is -2.39. The van der Waals surface area contributed by atoms with E-state index in [1.807, 2.05) is 53.4 Å². The predicted molar refractivity (Wildman–Crippen MR) is 148 cm³/mol. The summed E-state index contributed by atoms with van der Waals surface area (Å²) >= 11 is 0. The smallest absolute Gasteiger partial charge is 0.349 e. The van der Waals surface area contributed by atoms with Gasteiger partial charge in [-0.2, -0.15) is 0 Å². The van der Waals surface area contributed by atoms with E-state index >= 15 is 0 Å². The van der Waals surface area contributed by atoms with Crippen LogP contribution in [0.15, 0.2) is 48.5 Å². The second-order valence-corrected chi connectivity index (χ2v) is 9.59. The summed E-state index contributed by atoms with van der Waals surface area (Å²) < 4.78 is 16.8. The van der Waals surface area contributed by atoms with Crippen LogP contribution in [0.2, 0.25) is 0 Å². The number of hydrogen-bond acceptors (Lipinski definition) is 5. The highest BCUT2D eigenvalue weighted by Crippen LogP contribution is 2.25. The van der Waals surface area contributed by atoms with Crippen molar-refractivity contribution in [2.24, 2.45) is 0 Å². The minimum Gasteiger partial charge on any atom is -0.491 e. The van der Waals surface area contributed by atoms with Crippen molar-refractivity contribution in [1.29, 1.82) is 0 Å². The summed E-state index contributed by atoms with van der Waals surface area (Å²) in [5.74, 6) is 0.832. The van der Waals surface area contributed by atoms with Gasteiger partial charge in [-0.25, -0.2) is 9.59 Å². The van der Waals surface area contributed by atoms with E-state index in [1.54, 1.807) is 20.8 Å². The summed E-state index contributed by atoms with van der Waals surface area (Å²) in [4.78, 5) is 27.3. The number of carbonyl (C=O) groups excluding carboxylic acids is 2. The largest absolute Gasteiger partial charge is 0.491 e. The van der Waals surface area contributed by atoms with Gasteiger partial charge < -0.3 is 24.4 Å². The molecule has 0 aliphatic rings. The van der Waals surface area contributed by atoms with Crippen LogP contribution in [0.4, 0.5) is 10.5 Å². The van der Waals surface area contributed by atoms with Crippen LogP contribution >= 0.6 is 0 Å². The number of benzene rings is 2. The highest BCUT2D eigenvalue weighted by Gasteiger charge is 2.31. The molecule has 7 heteroatoms. The second kappa shape index (κ2) is 15.8. The van der Waals surface area contributed by atoms with Gasteiger partial charge in [0.2, 0.25) is 0 Å². The molecular weight excluding hydrogens is 468 g/mol. The number of carbonyl (C=O) groups is 2. The topological polar surface area (TPSA) is 77.1 Å². The number of anilines is 1. The third kappa shape index (κ3) is 10.3. The van der Waals surface area contributed by atoms with Crippen molar-refractivity contribution >= 4 is 17.7 Å². The quantitative estimate of drug-likeness (QED) is 0.190. The molecule has 2 aromatic rings. The molecule has 0 aliphatic heterocycles. The molecule has 37 heavy (non-hydrogen) atoms. The summed E-state index contributed by atoms with van der Waals surface area (Å²) in [5.41, 5.74) is 0.553. The van der Waals surface area contributed by atoms with E-state index in [4.69, 9.17) is 14.2 Å². The SMILES string of the molecule is CCCCCCCN(Cc1ccc(OC(C)(C)C(=O)OCC)cc1)C(=O)Nc1ccccc1OCCC. The van der Waals surface area contributed by atoms with E-state index in [0.29, 0.717) is 43.5 Å². The Morgan fingerprint density at radius 2 is 1.59 bits per heavy atom. The molecular formula is C30H44N2O5. The zero-order valence-corrected chi connectivity index (χ0v) is 23.2. The van der Waals surface area contributed by atoms with Crippen molar-refractivity contribution in [2.45, 2.75) is 85.3 Å². The first-order valence-electron chi connectivity index (χ1n) is 13.5. The van der Waals surface area contributed by atoms with Crippen LogP contribution in [-0.2, 0) is 16.1 Å². The third-order valence-corrected chi connectivity index (χ3v) is 5.85. The van der Waals surface area contributed by atoms with Gasteiger partial charge in [0.25, 0.3) is 0 Å². The Labute approximate surface area is 222 Å². The molecule has 0 unspecified atom stereocenters. The van der Waals surface area contributed by atoms with Crippen molar-refractivity contribution in [2.75, 3.05) is 25.1 Å². The summed E-state index contributed by atoms with van der Waals surface area (Å²) in [6, 6.07) is 14.9. The number of nitrogens with one attached hydrogen (secondary N) is 1. The van der Waals surface area contributed by atoms with Crippen LogP contribution in [0, 0.1) is 0 Å². The Morgan fingerprint density at radius 3 is 2.27 bits per heavy atom. The molecule has 0 saturated heterocycles. The normalized spacial score (nSPS) is 11.1. The molecule has 204 valence electrons. The average molecular weight is 513 g/mol. The first kappa shape index (κ1) is 30.0. The number of urea groups is 1. The number of nitrogens with zero attached hydrogens (tertiary/aromatic N) is 1. The Balaban J connectivity index is 2.10. The second-order valence-electron chi connectivity index (χ2n) is 9.59. The minimum absolute atomic E-state index is 0.160. The molecule has 2 aromatic carbocycles. The molecule has 2 rings (SSSR count). The van der Waals surface area contributed by atoms with Gasteiger partial charge in [0, 0.05) is 13.1 Å². The fourth-order valence-electron chi connectivity index (χ4n) is 3.79. The van der Waals surface area contributed by atoms with E-state index in [1.165, 1.54) is 19.3 Å². The van der Waals surface area contributed by atoms with E-state index in [-0.39, 0.29) is 6.03 Å². The number of hydrogen-bond donors (Lipinski definition) is 1. The lowest BCUT2D eigenvalue weighted by Gasteiger charge is -2.25. The van der Waals surface area contributed by atoms with Crippen LogP contribution in [0.5, 0.6) is 11.5 Å². The summed E-state index contributed by atoms with van der Waals surface area (Å²) in [6.07, 6.45) is 6.47. The standard InChI is InChI=1S/C30H44N2O5/c1-6-9-10-11-14-21-32(29(34)31-26-15-12-13-16-27(26)36-22-7-2)23-24-17-19-25(20-18-24)37-30(4,5)28(33)35-8-3/h12-13,15-20H,6-11,14,21-23H2,1-5H3,(H,31,34). The highest BCUT2D eigenvalue weighted by molar-refractivity contribution is 5.91. The number of rotatable bonds is 16. The molecule has 0 aromatic heterocycles. The van der Waals surface area contributed by atoms with Gasteiger partial charge in [-0.05, 0) is 63.4 Å². The van der Waals surface area contributed by atoms with Crippen LogP contribution in [-0.4, -0.2) is 42.3 Å². The monoisotopic (exact) mass is 512 g/mol. The first-order chi connectivity index (χ1) is 17.8. The lowest BCUT2D eigenvalue weighted by molar-refractivity contribution is -0.158. The molecule has 0 spiro atoms. The molecule has 0 bridgehead atoms. The number of amides is 2. The highest BCUT2D eigenvalue weighted by atomic mass is 16.6. The van der Waals surface area contributed by atoms with Gasteiger partial charge >= 0.3 is 12.0 Å². The fraction of sp³-hybridized carbons (Fsp3) is 0.533. The van der Waals surface area contributed by atoms with Gasteiger partial charge in [-0.1, -0.05) is 63.8 Å². The zero-order valence-electron chi connectivity index (χ0n) is 23.2. The lowest BCUT2D eigenvalue weighted by atomic mass is 10.1. The van der Waals surface area contributed by atoms with E-state index in [0.717, 1.165) is 24.8 Å². The molecule has 0 fully saturated rings. The van der Waals surface area contributed by atoms with Crippen LogP contribution in [0.25, 0.3) is 0 Å². The number of para-hydroxylation sites is 2. The number of ether oxygens (including phenoxy) is 3. The Hall–Kier alpha value is -3.22. The predicted octanol–water partition coefficient (Wildman–Crippen LogP) is 7.20. The zero-order chi connectivity index (χ0) is 27.1. The summed E-state index contributed by atoms with van der Waals surface area (Å²) in [6.45, 7) is 11.4. The van der Waals surface area contributed by atoms with Gasteiger partial charge in [0.05, 0.1) is 18.9 Å². The Bertz CT molecular complexity index is 959. The van der Waals surface area contributed by atoms with Gasteiger partial charge in [0.1, 0.15) is 11.5 Å². The molecule has 0 saturated carbocycles. The molecule has 1 N–H and O–H groups in total. The van der Waals surface area contributed by atoms with Crippen LogP contribution in [0.3, 0.4) is 0 Å². The number of unbranched alkanes of at least 4 members (excludes halogenated alkanes) is 4. The summed E-state index contributed by atoms with van der Waals surface area (Å²) in [5, 5.41) is 3.04. The van der Waals surface area contributed by atoms with Crippen molar-refractivity contribution < 1.29 is 23.8 Å². The van der Waals surface area contributed by atoms with Gasteiger partial charge in [-0.15, -0.1) is 0 Å². The number of esters is 1. The van der Waals surface area contributed by atoms with Crippen molar-refractivity contribution in [3.63, 3.8) is 0 Å². The maximum Gasteiger partial charge on any atom is 0.349 e. The fourth-order valence-corrected chi connectivity index (χ4v) is 3.79. The van der Waals surface area contributed by atoms with E-state index in [9.17, 15) is 9.59 Å². The van der Waals surface area contributed by atoms with Crippen LogP contribution in [0.1, 0.15) is 78.7 Å². The third-order valence-electron chi connectivity index (χ3n) is 5.85. The van der Waals surface area contributed by atoms with Gasteiger partial charge in [-0.3, -0.25) is 0 Å². The Morgan fingerprint density at radius 1 is 0.892 bits per heavy atom. The van der Waals surface area contributed by atoms with Crippen molar-refractivity contribution in [3.8, 4) is 11.5 Å². The maximum atomic E-state index is 13.3. The van der Waals surface area contributed by atoms with Crippen molar-refractivity contribution in [3.05, 3.63) is 54.1 Å². The molecule has 2 amide bonds. The van der Waals surface area contributed by atoms with E-state index < -0.39 is 11.6 Å². The first-order valence-corrected chi connectivity index (χ1v) is 13.5. The molecule has 0 heterocycles. The molecule has 0 radical (unpaired) electrons. The maximum absolute atomic E-state index is 13.3. The van der Waals surface area contributed by atoms with Crippen LogP contribution < -0.4 is 14.8 Å². The van der Waals surface area contributed by atoms with Crippen molar-refractivity contribution in [1.82, 2.24) is 4.90 Å². The summed E-state index contributed by atoms with van der Waals surface area (Å²) in [7, 11) is 0. The van der Waals surface area contributed by atoms with Gasteiger partial charge in [0.15, 0.2) is 5.60 Å².